The molecule has 2 unspecified atom stereocenters. The second kappa shape index (κ2) is 26.9. The molecule has 0 radical (unpaired) electrons. The summed E-state index contributed by atoms with van der Waals surface area (Å²) in [6.07, 6.45) is 43.4. The minimum absolute atomic E-state index is 0.0988. The van der Waals surface area contributed by atoms with Crippen LogP contribution in [0, 0.1) is 92.7 Å². The number of fused-ring (bicyclic) bond motifs is 10. The molecule has 1 N–H and O–H groups in total. The van der Waals surface area contributed by atoms with E-state index in [-0.39, 0.29) is 53.7 Å². The number of allylic oxidation sites excluding steroid dienone is 2. The quantitative estimate of drug-likeness (QED) is 0.0504. The first kappa shape index (κ1) is 61.0. The molecule has 6 nitrogen and oxygen atoms in total. The van der Waals surface area contributed by atoms with Crippen molar-refractivity contribution in [3.8, 4) is 0 Å². The van der Waals surface area contributed by atoms with Gasteiger partial charge in [0.05, 0.1) is 0 Å². The van der Waals surface area contributed by atoms with E-state index in [9.17, 15) is 14.4 Å². The zero-order chi connectivity index (χ0) is 55.1. The minimum atomic E-state index is -0.853. The van der Waals surface area contributed by atoms with Crippen molar-refractivity contribution in [1.29, 1.82) is 0 Å². The van der Waals surface area contributed by atoms with E-state index >= 15 is 0 Å². The largest absolute Gasteiger partial charge is 0.462 e. The second-order valence-corrected chi connectivity index (χ2v) is 30.5. The first-order valence-corrected chi connectivity index (χ1v) is 33.9. The van der Waals surface area contributed by atoms with Crippen molar-refractivity contribution in [2.75, 3.05) is 0 Å². The van der Waals surface area contributed by atoms with Gasteiger partial charge in [0, 0.05) is 25.7 Å². The van der Waals surface area contributed by atoms with Gasteiger partial charge in [-0.1, -0.05) is 189 Å². The van der Waals surface area contributed by atoms with Gasteiger partial charge in [-0.2, -0.15) is 0 Å². The van der Waals surface area contributed by atoms with Gasteiger partial charge in [-0.25, -0.2) is 4.79 Å². The Hall–Kier alpha value is -2.11. The molecule has 8 rings (SSSR count). The summed E-state index contributed by atoms with van der Waals surface area (Å²) in [6, 6.07) is -0.853. The van der Waals surface area contributed by atoms with Crippen LogP contribution in [-0.2, 0) is 23.9 Å². The summed E-state index contributed by atoms with van der Waals surface area (Å²) in [5, 5.41) is 3.11. The highest BCUT2D eigenvalue weighted by molar-refractivity contribution is 5.85. The van der Waals surface area contributed by atoms with E-state index in [0.717, 1.165) is 123 Å². The summed E-state index contributed by atoms with van der Waals surface area (Å²) >= 11 is 0. The molecule has 0 bridgehead atoms. The van der Waals surface area contributed by atoms with Crippen LogP contribution in [0.1, 0.15) is 294 Å². The first-order chi connectivity index (χ1) is 36.8. The van der Waals surface area contributed by atoms with E-state index in [4.69, 9.17) is 9.47 Å². The van der Waals surface area contributed by atoms with Gasteiger partial charge in [-0.3, -0.25) is 9.59 Å². The molecule has 8 aliphatic rings. The molecule has 0 saturated heterocycles. The maximum atomic E-state index is 14.4. The number of carbonyl (C=O) groups is 3. The Balaban J connectivity index is 0.852. The topological polar surface area (TPSA) is 81.7 Å². The lowest BCUT2D eigenvalue weighted by Gasteiger charge is -2.58. The molecule has 0 aliphatic heterocycles. The Kier molecular flexibility index (Phi) is 21.3. The molecule has 0 aromatic rings. The second-order valence-electron chi connectivity index (χ2n) is 30.5. The summed E-state index contributed by atoms with van der Waals surface area (Å²) < 4.78 is 12.8. The number of amides is 1. The summed E-state index contributed by atoms with van der Waals surface area (Å²) in [4.78, 5) is 41.9. The Morgan fingerprint density at radius 1 is 0.519 bits per heavy atom. The van der Waals surface area contributed by atoms with E-state index in [1.807, 2.05) is 0 Å². The van der Waals surface area contributed by atoms with Crippen LogP contribution in [0.25, 0.3) is 0 Å². The Morgan fingerprint density at radius 2 is 0.987 bits per heavy atom. The van der Waals surface area contributed by atoms with Gasteiger partial charge < -0.3 is 14.8 Å². The molecule has 0 spiro atoms. The zero-order valence-corrected chi connectivity index (χ0v) is 51.9. The molecule has 6 fully saturated rings. The fourth-order valence-corrected chi connectivity index (χ4v) is 20.4. The van der Waals surface area contributed by atoms with Gasteiger partial charge in [-0.05, 0) is 195 Å². The van der Waals surface area contributed by atoms with Crippen LogP contribution in [0.15, 0.2) is 23.3 Å². The Morgan fingerprint density at radius 3 is 1.47 bits per heavy atom. The van der Waals surface area contributed by atoms with Gasteiger partial charge in [0.2, 0.25) is 5.91 Å². The van der Waals surface area contributed by atoms with Gasteiger partial charge in [0.25, 0.3) is 0 Å². The number of hydrogen-bond acceptors (Lipinski definition) is 5. The molecule has 0 heterocycles. The molecule has 6 heteroatoms. The molecule has 6 saturated carbocycles. The van der Waals surface area contributed by atoms with Crippen molar-refractivity contribution in [3.05, 3.63) is 23.3 Å². The van der Waals surface area contributed by atoms with Crippen LogP contribution < -0.4 is 5.32 Å². The highest BCUT2D eigenvalue weighted by Crippen LogP contribution is 2.69. The number of rotatable bonds is 27. The number of nitrogens with one attached hydrogen (secondary N) is 1. The molecule has 8 aliphatic carbocycles. The van der Waals surface area contributed by atoms with E-state index in [0.29, 0.717) is 23.2 Å². The first-order valence-electron chi connectivity index (χ1n) is 33.9. The minimum Gasteiger partial charge on any atom is -0.462 e. The van der Waals surface area contributed by atoms with Crippen molar-refractivity contribution < 1.29 is 23.9 Å². The Labute approximate surface area is 473 Å². The van der Waals surface area contributed by atoms with E-state index in [2.05, 4.69) is 93.6 Å². The summed E-state index contributed by atoms with van der Waals surface area (Å²) in [5.41, 5.74) is 4.33. The van der Waals surface area contributed by atoms with Crippen molar-refractivity contribution in [1.82, 2.24) is 5.32 Å². The van der Waals surface area contributed by atoms with Crippen molar-refractivity contribution in [2.45, 2.75) is 313 Å². The lowest BCUT2D eigenvalue weighted by Crippen LogP contribution is -2.51. The predicted molar refractivity (Wildman–Crippen MR) is 319 cm³/mol. The van der Waals surface area contributed by atoms with E-state index in [1.165, 1.54) is 152 Å². The van der Waals surface area contributed by atoms with Crippen LogP contribution in [0.2, 0.25) is 0 Å². The predicted octanol–water partition coefficient (Wildman–Crippen LogP) is 19.1. The van der Waals surface area contributed by atoms with Crippen molar-refractivity contribution >= 4 is 17.8 Å². The van der Waals surface area contributed by atoms with Crippen molar-refractivity contribution in [3.63, 3.8) is 0 Å². The van der Waals surface area contributed by atoms with E-state index < -0.39 is 6.04 Å². The molecular formula is C71H119NO5. The third-order valence-electron chi connectivity index (χ3n) is 24.9. The van der Waals surface area contributed by atoms with Gasteiger partial charge in [-0.15, -0.1) is 0 Å². The molecule has 1 amide bonds. The van der Waals surface area contributed by atoms with Gasteiger partial charge in [0.1, 0.15) is 18.2 Å². The number of hydrogen-bond donors (Lipinski definition) is 1. The number of carbonyl (C=O) groups excluding carboxylic acids is 3. The maximum Gasteiger partial charge on any atom is 0.328 e. The van der Waals surface area contributed by atoms with Crippen LogP contribution in [0.5, 0.6) is 0 Å². The number of esters is 2. The normalized spacial score (nSPS) is 37.5. The summed E-state index contributed by atoms with van der Waals surface area (Å²) in [6.45, 7) is 27.4. The van der Waals surface area contributed by atoms with Gasteiger partial charge >= 0.3 is 11.9 Å². The lowest BCUT2D eigenvalue weighted by molar-refractivity contribution is -0.157. The van der Waals surface area contributed by atoms with Gasteiger partial charge in [0.15, 0.2) is 0 Å². The third-order valence-corrected chi connectivity index (χ3v) is 24.9. The fraction of sp³-hybridized carbons (Fsp3) is 0.901. The van der Waals surface area contributed by atoms with E-state index in [1.54, 1.807) is 0 Å². The smallest absolute Gasteiger partial charge is 0.328 e. The lowest BCUT2D eigenvalue weighted by atomic mass is 9.47. The highest BCUT2D eigenvalue weighted by atomic mass is 16.5. The standard InChI is InChI=1S/C71H119NO5/c1-12-13-14-15-16-17-18-19-20-27-65(73)72-64(67(75)77-55-39-43-69(9)53(47-55)29-31-57-61-35-33-59(51(7)26-22-24-49(4)5)71(61,11)45-41-63(57)69)36-37-66(74)76-54-38-42-68(8)52(46-54)28-30-56-60-34-32-58(50(6)25-21-23-48(2)3)70(60,10)44-40-62(56)68/h28-29,48-51,54-64H,12-27,30-47H2,1-11H3,(H,72,73)/t50-,51-,54?,55?,56+,57+,58-,59-,60+,61+,62+,63+,64+,68+,69+,70-,71-/m1/s1. The molecular weight excluding hydrogens is 947 g/mol. The molecule has 17 atom stereocenters. The molecule has 0 aromatic heterocycles. The third kappa shape index (κ3) is 13.9. The monoisotopic (exact) mass is 1070 g/mol. The van der Waals surface area contributed by atoms with Crippen LogP contribution in [-0.4, -0.2) is 36.1 Å². The number of unbranched alkanes of at least 4 members (excludes halogenated alkanes) is 8. The number of ether oxygens (including phenoxy) is 2. The SMILES string of the molecule is CCCCCCCCCCCC(=O)N[C@@H](CCC(=O)OC1CC[C@@]2(C)C(=CC[C@H]3[C@@H]4CC[C@H]([C@H](C)CCCC(C)C)[C@@]4(C)CC[C@@H]32)C1)C(=O)OC1CC[C@@]2(C)C(=CC[C@H]3[C@@H]4CC[C@H]([C@H](C)CCCC(C)C)[C@@]4(C)CC[C@@H]32)C1. The molecule has 77 heavy (non-hydrogen) atoms. The molecule has 0 aromatic carbocycles. The average Bonchev–Trinajstić information content (AvgIpc) is 3.95. The zero-order valence-electron chi connectivity index (χ0n) is 51.9. The maximum absolute atomic E-state index is 14.4. The van der Waals surface area contributed by atoms with Crippen LogP contribution in [0.4, 0.5) is 0 Å². The Bertz CT molecular complexity index is 2000. The van der Waals surface area contributed by atoms with Crippen LogP contribution >= 0.6 is 0 Å². The highest BCUT2D eigenvalue weighted by Gasteiger charge is 2.61. The van der Waals surface area contributed by atoms with Crippen LogP contribution in [0.3, 0.4) is 0 Å². The summed E-state index contributed by atoms with van der Waals surface area (Å²) in [5.74, 6) is 8.83. The molecule has 438 valence electrons. The van der Waals surface area contributed by atoms with Crippen molar-refractivity contribution in [2.24, 2.45) is 92.7 Å². The summed E-state index contributed by atoms with van der Waals surface area (Å²) in [7, 11) is 0. The fourth-order valence-electron chi connectivity index (χ4n) is 20.4. The average molecular weight is 1070 g/mol.